The number of amides is 1. The summed E-state index contributed by atoms with van der Waals surface area (Å²) in [6.45, 7) is 5.16. The van der Waals surface area contributed by atoms with Crippen molar-refractivity contribution in [2.24, 2.45) is 11.8 Å². The fourth-order valence-electron chi connectivity index (χ4n) is 7.07. The zero-order chi connectivity index (χ0) is 29.0. The Balaban J connectivity index is 1.43. The molecule has 2 aliphatic carbocycles. The molecule has 2 aliphatic heterocycles. The van der Waals surface area contributed by atoms with Crippen LogP contribution in [-0.2, 0) is 21.9 Å². The van der Waals surface area contributed by atoms with Crippen molar-refractivity contribution >= 4 is 33.2 Å². The molecule has 1 spiro atoms. The van der Waals surface area contributed by atoms with E-state index in [4.69, 9.17) is 16.3 Å². The molecule has 1 amide bonds. The minimum absolute atomic E-state index is 0.128. The SMILES string of the molecule is CC1(C)CC/C=C\[C@@H](O)[C@@H]2CC[C@H]2CN2C[C@@]3(CCCc4cc(Cl)ccc43)COc3ccc(cc32)C(=O)NS1(=O)=O. The molecule has 9 heteroatoms. The lowest BCUT2D eigenvalue weighted by molar-refractivity contribution is 0.0456. The first kappa shape index (κ1) is 28.6. The molecule has 41 heavy (non-hydrogen) atoms. The Hall–Kier alpha value is -2.55. The van der Waals surface area contributed by atoms with Gasteiger partial charge in [-0.2, -0.15) is 0 Å². The van der Waals surface area contributed by atoms with Crippen LogP contribution in [0.1, 0.15) is 73.9 Å². The fraction of sp³-hybridized carbons (Fsp3) is 0.531. The van der Waals surface area contributed by atoms with Crippen LogP contribution in [0.2, 0.25) is 5.02 Å². The highest BCUT2D eigenvalue weighted by Crippen LogP contribution is 2.46. The van der Waals surface area contributed by atoms with Crippen molar-refractivity contribution in [1.29, 1.82) is 0 Å². The number of nitrogens with one attached hydrogen (secondary N) is 1. The average molecular weight is 599 g/mol. The number of ether oxygens (including phenoxy) is 1. The standard InChI is InChI=1S/C32H39ClN2O5S/c1-31(2)14-4-3-7-28(36)25-11-8-23(25)18-35-19-32(15-5-6-21-16-24(33)10-12-26(21)32)20-40-29-13-9-22(17-27(29)35)30(37)34-41(31,38)39/h3,7,9-10,12-13,16-17,23,25,28,36H,4-6,8,11,14-15,18-20H2,1-2H3,(H,34,37)/b7-3-/t23-,25+,28+,32-/m0/s1. The summed E-state index contributed by atoms with van der Waals surface area (Å²) < 4.78 is 34.1. The van der Waals surface area contributed by atoms with Crippen molar-refractivity contribution < 1.29 is 23.1 Å². The van der Waals surface area contributed by atoms with Crippen molar-refractivity contribution in [2.75, 3.05) is 24.6 Å². The van der Waals surface area contributed by atoms with E-state index >= 15 is 0 Å². The Morgan fingerprint density at radius 3 is 2.73 bits per heavy atom. The van der Waals surface area contributed by atoms with Crippen molar-refractivity contribution in [1.82, 2.24) is 4.72 Å². The van der Waals surface area contributed by atoms with Gasteiger partial charge in [-0.05, 0) is 112 Å². The third-order valence-corrected chi connectivity index (χ3v) is 12.2. The van der Waals surface area contributed by atoms with E-state index in [1.807, 2.05) is 18.2 Å². The molecule has 2 N–H and O–H groups in total. The maximum atomic E-state index is 13.3. The van der Waals surface area contributed by atoms with Gasteiger partial charge in [0.2, 0.25) is 10.0 Å². The van der Waals surface area contributed by atoms with Gasteiger partial charge in [0.1, 0.15) is 5.75 Å². The van der Waals surface area contributed by atoms with Crippen LogP contribution >= 0.6 is 11.6 Å². The molecule has 6 rings (SSSR count). The second kappa shape index (κ2) is 10.6. The van der Waals surface area contributed by atoms with Gasteiger partial charge in [-0.1, -0.05) is 29.8 Å². The molecule has 2 heterocycles. The van der Waals surface area contributed by atoms with Gasteiger partial charge in [0, 0.05) is 29.1 Å². The maximum Gasteiger partial charge on any atom is 0.264 e. The third kappa shape index (κ3) is 5.28. The van der Waals surface area contributed by atoms with Crippen LogP contribution in [0, 0.1) is 11.8 Å². The molecule has 4 atom stereocenters. The molecule has 2 aromatic rings. The highest BCUT2D eigenvalue weighted by Gasteiger charge is 2.44. The van der Waals surface area contributed by atoms with Crippen LogP contribution in [0.4, 0.5) is 5.69 Å². The Morgan fingerprint density at radius 2 is 1.95 bits per heavy atom. The van der Waals surface area contributed by atoms with E-state index in [9.17, 15) is 18.3 Å². The number of carbonyl (C=O) groups excluding carboxylic acids is 1. The number of fused-ring (bicyclic) bond motifs is 4. The monoisotopic (exact) mass is 598 g/mol. The van der Waals surface area contributed by atoms with E-state index in [0.717, 1.165) is 42.8 Å². The van der Waals surface area contributed by atoms with Gasteiger partial charge in [0.15, 0.2) is 0 Å². The Kier molecular flexibility index (Phi) is 7.40. The van der Waals surface area contributed by atoms with Crippen LogP contribution in [0.5, 0.6) is 5.75 Å². The smallest absolute Gasteiger partial charge is 0.264 e. The Morgan fingerprint density at radius 1 is 1.12 bits per heavy atom. The Labute approximate surface area is 248 Å². The molecule has 1 saturated carbocycles. The number of aliphatic hydroxyl groups excluding tert-OH is 1. The highest BCUT2D eigenvalue weighted by molar-refractivity contribution is 7.91. The number of rotatable bonds is 0. The molecule has 7 nitrogen and oxygen atoms in total. The molecule has 0 saturated heterocycles. The van der Waals surface area contributed by atoms with E-state index in [0.29, 0.717) is 38.3 Å². The molecule has 2 bridgehead atoms. The molecule has 0 radical (unpaired) electrons. The van der Waals surface area contributed by atoms with E-state index in [1.54, 1.807) is 32.0 Å². The van der Waals surface area contributed by atoms with Crippen LogP contribution in [0.3, 0.4) is 0 Å². The number of anilines is 1. The van der Waals surface area contributed by atoms with Crippen LogP contribution in [0.15, 0.2) is 48.6 Å². The van der Waals surface area contributed by atoms with Gasteiger partial charge >= 0.3 is 0 Å². The number of hydrogen-bond acceptors (Lipinski definition) is 6. The van der Waals surface area contributed by atoms with Gasteiger partial charge in [0.05, 0.1) is 23.1 Å². The third-order valence-electron chi connectivity index (χ3n) is 9.87. The topological polar surface area (TPSA) is 95.9 Å². The summed E-state index contributed by atoms with van der Waals surface area (Å²) in [4.78, 5) is 15.7. The first-order valence-corrected chi connectivity index (χ1v) is 16.6. The molecule has 2 aromatic carbocycles. The summed E-state index contributed by atoms with van der Waals surface area (Å²) in [7, 11) is -3.96. The summed E-state index contributed by atoms with van der Waals surface area (Å²) in [6, 6.07) is 11.4. The largest absolute Gasteiger partial charge is 0.490 e. The van der Waals surface area contributed by atoms with E-state index in [2.05, 4.69) is 21.8 Å². The normalized spacial score (nSPS) is 31.5. The second-order valence-electron chi connectivity index (χ2n) is 12.9. The number of benzene rings is 2. The summed E-state index contributed by atoms with van der Waals surface area (Å²) in [6.07, 6.45) is 8.87. The number of hydrogen-bond donors (Lipinski definition) is 2. The average Bonchev–Trinajstić information content (AvgIpc) is 3.05. The number of aliphatic hydroxyl groups is 1. The molecule has 220 valence electrons. The number of carbonyl (C=O) groups is 1. The van der Waals surface area contributed by atoms with Crippen LogP contribution < -0.4 is 14.4 Å². The second-order valence-corrected chi connectivity index (χ2v) is 15.7. The van der Waals surface area contributed by atoms with Gasteiger partial charge in [-0.15, -0.1) is 0 Å². The summed E-state index contributed by atoms with van der Waals surface area (Å²) in [5, 5.41) is 11.8. The first-order valence-electron chi connectivity index (χ1n) is 14.7. The lowest BCUT2D eigenvalue weighted by Gasteiger charge is -2.45. The highest BCUT2D eigenvalue weighted by atomic mass is 35.5. The van der Waals surface area contributed by atoms with Crippen molar-refractivity contribution in [3.05, 3.63) is 70.3 Å². The van der Waals surface area contributed by atoms with Gasteiger partial charge < -0.3 is 14.7 Å². The molecule has 0 aromatic heterocycles. The minimum Gasteiger partial charge on any atom is -0.490 e. The number of halogens is 1. The maximum absolute atomic E-state index is 13.3. The van der Waals surface area contributed by atoms with E-state index < -0.39 is 26.8 Å². The number of nitrogens with zero attached hydrogens (tertiary/aromatic N) is 1. The number of sulfonamides is 1. The number of aryl methyl sites for hydroxylation is 1. The summed E-state index contributed by atoms with van der Waals surface area (Å²) in [5.41, 5.74) is 3.32. The predicted octanol–water partition coefficient (Wildman–Crippen LogP) is 5.39. The fourth-order valence-corrected chi connectivity index (χ4v) is 8.29. The van der Waals surface area contributed by atoms with Crippen molar-refractivity contribution in [3.8, 4) is 5.75 Å². The van der Waals surface area contributed by atoms with Gasteiger partial charge in [0.25, 0.3) is 5.91 Å². The lowest BCUT2D eigenvalue weighted by atomic mass is 9.68. The molecule has 0 unspecified atom stereocenters. The van der Waals surface area contributed by atoms with Crippen molar-refractivity contribution in [3.63, 3.8) is 0 Å². The van der Waals surface area contributed by atoms with Crippen LogP contribution in [-0.4, -0.2) is 50.0 Å². The predicted molar refractivity (Wildman–Crippen MR) is 161 cm³/mol. The quantitative estimate of drug-likeness (QED) is 0.395. The summed E-state index contributed by atoms with van der Waals surface area (Å²) in [5.74, 6) is 0.452. The lowest BCUT2D eigenvalue weighted by Crippen LogP contribution is -2.49. The van der Waals surface area contributed by atoms with E-state index in [1.165, 1.54) is 11.1 Å². The summed E-state index contributed by atoms with van der Waals surface area (Å²) >= 11 is 6.38. The molecule has 1 fully saturated rings. The molecular formula is C32H39ClN2O5S. The first-order chi connectivity index (χ1) is 19.5. The number of allylic oxidation sites excluding steroid dienone is 1. The Bertz CT molecular complexity index is 1490. The van der Waals surface area contributed by atoms with Gasteiger partial charge in [-0.3, -0.25) is 4.79 Å². The van der Waals surface area contributed by atoms with E-state index in [-0.39, 0.29) is 22.8 Å². The molecule has 4 aliphatic rings. The zero-order valence-electron chi connectivity index (χ0n) is 23.7. The van der Waals surface area contributed by atoms with Crippen molar-refractivity contribution in [2.45, 2.75) is 75.1 Å². The van der Waals surface area contributed by atoms with Crippen LogP contribution in [0.25, 0.3) is 0 Å². The molecular weight excluding hydrogens is 560 g/mol. The van der Waals surface area contributed by atoms with Gasteiger partial charge in [-0.25, -0.2) is 13.1 Å². The zero-order valence-corrected chi connectivity index (χ0v) is 25.3. The minimum atomic E-state index is -3.96.